The summed E-state index contributed by atoms with van der Waals surface area (Å²) < 4.78 is 0. The van der Waals surface area contributed by atoms with E-state index in [0.29, 0.717) is 30.2 Å². The van der Waals surface area contributed by atoms with Crippen LogP contribution in [0.3, 0.4) is 0 Å². The van der Waals surface area contributed by atoms with E-state index in [0.717, 1.165) is 0 Å². The van der Waals surface area contributed by atoms with E-state index in [2.05, 4.69) is 158 Å². The maximum Gasteiger partial charge on any atom is 0.0582 e. The van der Waals surface area contributed by atoms with E-state index in [4.69, 9.17) is 5.11 Å². The maximum absolute atomic E-state index is 8.91. The van der Waals surface area contributed by atoms with Gasteiger partial charge in [-0.2, -0.15) is 6.67 Å². The number of nitrogens with zero attached hydrogens (tertiary/aromatic N) is 4. The fourth-order valence-corrected chi connectivity index (χ4v) is 6.59. The molecule has 2 aliphatic heterocycles. The Kier molecular flexibility index (Phi) is 16.1. The quantitative estimate of drug-likeness (QED) is 0.171. The molecule has 0 bridgehead atoms. The number of benzene rings is 3. The van der Waals surface area contributed by atoms with Crippen molar-refractivity contribution in [2.24, 2.45) is 0 Å². The van der Waals surface area contributed by atoms with Crippen molar-refractivity contribution < 1.29 is 27.5 Å². The van der Waals surface area contributed by atoms with Crippen LogP contribution in [0.4, 0.5) is 17.1 Å². The zero-order valence-electron chi connectivity index (χ0n) is 30.8. The summed E-state index contributed by atoms with van der Waals surface area (Å²) in [6.45, 7) is 29.7. The molecule has 0 saturated heterocycles. The van der Waals surface area contributed by atoms with E-state index in [9.17, 15) is 0 Å². The molecular weight excluding hydrogens is 841 g/mol. The van der Waals surface area contributed by atoms with Crippen LogP contribution in [-0.2, 0) is 22.4 Å². The van der Waals surface area contributed by atoms with Gasteiger partial charge >= 0.3 is 0 Å². The number of anilines is 3. The molecule has 0 spiro atoms. The first-order valence-corrected chi connectivity index (χ1v) is 17.0. The van der Waals surface area contributed by atoms with E-state index in [1.165, 1.54) is 56.0 Å². The molecule has 3 aromatic rings. The normalized spacial score (nSPS) is 13.9. The van der Waals surface area contributed by atoms with Crippen molar-refractivity contribution in [1.29, 1.82) is 0 Å². The summed E-state index contributed by atoms with van der Waals surface area (Å²) in [5.41, 5.74) is 13.4. The molecule has 2 heterocycles. The van der Waals surface area contributed by atoms with Crippen molar-refractivity contribution in [2.45, 2.75) is 99.8 Å². The first kappa shape index (κ1) is 41.7. The minimum Gasteiger partial charge on any atom is -0.506 e. The fourth-order valence-electron chi connectivity index (χ4n) is 6.59. The van der Waals surface area contributed by atoms with Crippen LogP contribution in [0.2, 0.25) is 0 Å². The van der Waals surface area contributed by atoms with E-state index < -0.39 is 0 Å². The van der Waals surface area contributed by atoms with Gasteiger partial charge in [0.1, 0.15) is 0 Å². The van der Waals surface area contributed by atoms with Crippen molar-refractivity contribution in [1.82, 2.24) is 4.90 Å². The van der Waals surface area contributed by atoms with Gasteiger partial charge < -0.3 is 24.7 Å². The number of para-hydroxylation sites is 2. The number of aliphatic hydroxyl groups is 1. The molecule has 7 heteroatoms. The fraction of sp³-hybridized carbons (Fsp3) is 0.415. The monoisotopic (exact) mass is 897 g/mol. The van der Waals surface area contributed by atoms with E-state index in [1.807, 2.05) is 24.0 Å². The number of halogens is 1. The Bertz CT molecular complexity index is 1400. The molecular formula is C41H57AuBrN4O-2. The number of hydrogen-bond acceptors (Lipinski definition) is 5. The van der Waals surface area contributed by atoms with Crippen LogP contribution in [-0.4, -0.2) is 23.2 Å². The third-order valence-corrected chi connectivity index (χ3v) is 8.78. The maximum atomic E-state index is 8.91. The number of rotatable bonds is 9. The summed E-state index contributed by atoms with van der Waals surface area (Å²) in [6.07, 6.45) is 8.44. The zero-order chi connectivity index (χ0) is 33.7. The number of aryl methyl sites for hydroxylation is 3. The van der Waals surface area contributed by atoms with Gasteiger partial charge in [-0.15, -0.1) is 23.7 Å². The summed E-state index contributed by atoms with van der Waals surface area (Å²) in [5, 5.41) is 8.91. The number of hydrogen-bond donors (Lipinski definition) is 1. The second kappa shape index (κ2) is 18.5. The molecule has 2 aliphatic rings. The third kappa shape index (κ3) is 9.60. The van der Waals surface area contributed by atoms with Gasteiger partial charge in [-0.25, -0.2) is 0 Å². The van der Waals surface area contributed by atoms with E-state index in [-0.39, 0.29) is 46.0 Å². The van der Waals surface area contributed by atoms with Crippen LogP contribution in [0.1, 0.15) is 118 Å². The predicted molar refractivity (Wildman–Crippen MR) is 208 cm³/mol. The standard InChI is InChI=1S/C27H37N2.C14H19N2O.Au.BrH/c1-18(2)22-11-9-12-23(19(3)4)26(22)28-15-16-29(17-28)27-24(20(5)6)13-10-14-25(27)21(7)8;1-11-8-12(2)14(13(3)9-11)16-5-4-15(10-16)6-7-17;;/h9-21H,1-8H3;4-5,8-10,17H,6-7H2,1-3H3;;1H/q2*-1;;. The van der Waals surface area contributed by atoms with Gasteiger partial charge in [0.25, 0.3) is 0 Å². The third-order valence-electron chi connectivity index (χ3n) is 8.78. The average molecular weight is 899 g/mol. The Morgan fingerprint density at radius 3 is 1.27 bits per heavy atom. The second-order valence-electron chi connectivity index (χ2n) is 13.9. The zero-order valence-corrected chi connectivity index (χ0v) is 34.6. The first-order chi connectivity index (χ1) is 21.8. The van der Waals surface area contributed by atoms with Crippen molar-refractivity contribution >= 4 is 34.0 Å². The van der Waals surface area contributed by atoms with Gasteiger partial charge in [0.2, 0.25) is 0 Å². The van der Waals surface area contributed by atoms with Crippen LogP contribution in [0.25, 0.3) is 0 Å². The summed E-state index contributed by atoms with van der Waals surface area (Å²) in [6, 6.07) is 17.9. The first-order valence-electron chi connectivity index (χ1n) is 17.0. The second-order valence-corrected chi connectivity index (χ2v) is 13.9. The molecule has 5 rings (SSSR count). The minimum atomic E-state index is 0. The van der Waals surface area contributed by atoms with Gasteiger partial charge in [-0.1, -0.05) is 109 Å². The van der Waals surface area contributed by atoms with Gasteiger partial charge in [0.05, 0.1) is 6.61 Å². The molecule has 48 heavy (non-hydrogen) atoms. The van der Waals surface area contributed by atoms with Crippen LogP contribution < -0.4 is 14.7 Å². The Morgan fingerprint density at radius 1 is 0.562 bits per heavy atom. The van der Waals surface area contributed by atoms with E-state index in [1.54, 1.807) is 0 Å². The molecule has 0 fully saturated rings. The molecule has 3 aromatic carbocycles. The van der Waals surface area contributed by atoms with Crippen LogP contribution in [0.15, 0.2) is 73.3 Å². The predicted octanol–water partition coefficient (Wildman–Crippen LogP) is 11.0. The molecule has 0 aromatic heterocycles. The molecule has 267 valence electrons. The minimum absolute atomic E-state index is 0. The van der Waals surface area contributed by atoms with Crippen molar-refractivity contribution in [2.75, 3.05) is 27.9 Å². The Labute approximate surface area is 318 Å². The van der Waals surface area contributed by atoms with Gasteiger partial charge in [-0.05, 0) is 103 Å². The topological polar surface area (TPSA) is 33.2 Å². The smallest absolute Gasteiger partial charge is 0.0582 e. The van der Waals surface area contributed by atoms with Gasteiger partial charge in [0, 0.05) is 46.0 Å². The summed E-state index contributed by atoms with van der Waals surface area (Å²) in [5.74, 6) is 1.92. The van der Waals surface area contributed by atoms with Gasteiger partial charge in [0.15, 0.2) is 0 Å². The number of aliphatic hydroxyl groups excluding tert-OH is 1. The Morgan fingerprint density at radius 2 is 0.917 bits per heavy atom. The summed E-state index contributed by atoms with van der Waals surface area (Å²) in [4.78, 5) is 8.75. The molecule has 0 amide bonds. The Hall–Kier alpha value is -2.48. The molecule has 0 unspecified atom stereocenters. The average Bonchev–Trinajstić information content (AvgIpc) is 3.66. The van der Waals surface area contributed by atoms with Crippen LogP contribution in [0, 0.1) is 34.1 Å². The molecule has 0 atom stereocenters. The largest absolute Gasteiger partial charge is 0.506 e. The summed E-state index contributed by atoms with van der Waals surface area (Å²) in [7, 11) is 0. The SMILES string of the molecule is Br.CC(C)c1cccc(C(C)C)c1N1C=CN(c2c(C(C)C)cccc2C(C)C)[CH-]1.Cc1cc(C)c(N2C=CN(CCO)[CH-]2)c(C)c1.[Au]. The molecule has 0 saturated carbocycles. The molecule has 0 aliphatic carbocycles. The van der Waals surface area contributed by atoms with E-state index >= 15 is 0 Å². The van der Waals surface area contributed by atoms with Crippen molar-refractivity contribution in [3.63, 3.8) is 0 Å². The van der Waals surface area contributed by atoms with Crippen molar-refractivity contribution in [3.8, 4) is 0 Å². The summed E-state index contributed by atoms with van der Waals surface area (Å²) >= 11 is 0. The van der Waals surface area contributed by atoms with Gasteiger partial charge in [-0.3, -0.25) is 0 Å². The Balaban J connectivity index is 0.000000361. The van der Waals surface area contributed by atoms with Crippen molar-refractivity contribution in [3.05, 3.63) is 126 Å². The molecule has 1 radical (unpaired) electrons. The van der Waals surface area contributed by atoms with Crippen LogP contribution in [0.5, 0.6) is 0 Å². The molecule has 1 N–H and O–H groups in total. The number of β-amino-alcohol motifs (C(OH)–C–C–N with tert-alkyl or cyclic N) is 1. The van der Waals surface area contributed by atoms with Crippen LogP contribution >= 0.6 is 17.0 Å². The molecule has 5 nitrogen and oxygen atoms in total.